The van der Waals surface area contributed by atoms with Gasteiger partial charge in [0.2, 0.25) is 0 Å². The Balaban J connectivity index is 2.84. The van der Waals surface area contributed by atoms with Crippen LogP contribution in [0.4, 0.5) is 24.5 Å². The summed E-state index contributed by atoms with van der Waals surface area (Å²) in [6.45, 7) is 0.946. The van der Waals surface area contributed by atoms with Gasteiger partial charge in [0.15, 0.2) is 17.5 Å². The molecule has 17 heavy (non-hydrogen) atoms. The smallest absolute Gasteiger partial charge is 0.185 e. The van der Waals surface area contributed by atoms with Gasteiger partial charge in [-0.1, -0.05) is 0 Å². The van der Waals surface area contributed by atoms with E-state index in [1.807, 2.05) is 0 Å². The number of fused-ring (bicyclic) bond motifs is 1. The van der Waals surface area contributed by atoms with E-state index in [0.717, 1.165) is 0 Å². The minimum atomic E-state index is -1.43. The van der Waals surface area contributed by atoms with Crippen LogP contribution in [0.5, 0.6) is 0 Å². The first-order chi connectivity index (χ1) is 7.99. The normalized spacial score (nSPS) is 14.6. The van der Waals surface area contributed by atoms with E-state index in [9.17, 15) is 13.2 Å². The van der Waals surface area contributed by atoms with Crippen molar-refractivity contribution in [1.82, 2.24) is 0 Å². The lowest BCUT2D eigenvalue weighted by atomic mass is 10.1. The Morgan fingerprint density at radius 2 is 1.41 bits per heavy atom. The maximum Gasteiger partial charge on any atom is 0.185 e. The Hall–Kier alpha value is -1.90. The van der Waals surface area contributed by atoms with Gasteiger partial charge in [-0.2, -0.15) is 5.26 Å². The molecule has 0 unspecified atom stereocenters. The standard InChI is InChI=1S/C11H10F3N3/c1-16-3-4-17(2)11-9(14)7(12)6(5-15)8(13)10(11)16/h3-4H2,1-2H3. The maximum absolute atomic E-state index is 13.9. The topological polar surface area (TPSA) is 30.3 Å². The van der Waals surface area contributed by atoms with Gasteiger partial charge in [-0.15, -0.1) is 0 Å². The highest BCUT2D eigenvalue weighted by molar-refractivity contribution is 5.76. The Bertz CT molecular complexity index is 522. The Morgan fingerprint density at radius 3 is 1.88 bits per heavy atom. The summed E-state index contributed by atoms with van der Waals surface area (Å²) in [5.74, 6) is -3.60. The number of nitrogens with zero attached hydrogens (tertiary/aromatic N) is 3. The first-order valence-electron chi connectivity index (χ1n) is 5.01. The van der Waals surface area contributed by atoms with Crippen LogP contribution >= 0.6 is 0 Å². The van der Waals surface area contributed by atoms with Crippen LogP contribution in [0.25, 0.3) is 0 Å². The molecular weight excluding hydrogens is 231 g/mol. The number of anilines is 2. The minimum Gasteiger partial charge on any atom is -0.369 e. The number of hydrogen-bond donors (Lipinski definition) is 0. The van der Waals surface area contributed by atoms with Crippen molar-refractivity contribution < 1.29 is 13.2 Å². The van der Waals surface area contributed by atoms with Gasteiger partial charge in [0, 0.05) is 27.2 Å². The molecule has 0 bridgehead atoms. The average Bonchev–Trinajstić information content (AvgIpc) is 2.30. The lowest BCUT2D eigenvalue weighted by Gasteiger charge is -2.35. The second kappa shape index (κ2) is 3.84. The lowest BCUT2D eigenvalue weighted by molar-refractivity contribution is 0.487. The van der Waals surface area contributed by atoms with Crippen molar-refractivity contribution in [2.75, 3.05) is 37.0 Å². The zero-order valence-electron chi connectivity index (χ0n) is 9.39. The number of benzene rings is 1. The van der Waals surface area contributed by atoms with Crippen LogP contribution in [-0.2, 0) is 0 Å². The number of halogens is 3. The van der Waals surface area contributed by atoms with Crippen LogP contribution in [0.2, 0.25) is 0 Å². The molecule has 3 nitrogen and oxygen atoms in total. The summed E-state index contributed by atoms with van der Waals surface area (Å²) in [6.07, 6.45) is 0. The molecule has 0 aromatic heterocycles. The van der Waals surface area contributed by atoms with Gasteiger partial charge >= 0.3 is 0 Å². The fraction of sp³-hybridized carbons (Fsp3) is 0.364. The second-order valence-corrected chi connectivity index (χ2v) is 3.97. The quantitative estimate of drug-likeness (QED) is 0.649. The van der Waals surface area contributed by atoms with Crippen molar-refractivity contribution in [1.29, 1.82) is 5.26 Å². The molecule has 1 aromatic rings. The Labute approximate surface area is 96.7 Å². The SMILES string of the molecule is CN1CCN(C)c2c(F)c(C#N)c(F)c(F)c21. The zero-order chi connectivity index (χ0) is 12.7. The van der Waals surface area contributed by atoms with Crippen molar-refractivity contribution in [2.24, 2.45) is 0 Å². The number of nitriles is 1. The maximum atomic E-state index is 13.9. The van der Waals surface area contributed by atoms with Gasteiger partial charge in [0.1, 0.15) is 23.0 Å². The molecule has 1 aliphatic rings. The van der Waals surface area contributed by atoms with Crippen LogP contribution in [0.3, 0.4) is 0 Å². The molecule has 6 heteroatoms. The highest BCUT2D eigenvalue weighted by Gasteiger charge is 2.31. The van der Waals surface area contributed by atoms with Crippen LogP contribution in [0.15, 0.2) is 0 Å². The van der Waals surface area contributed by atoms with Crippen LogP contribution < -0.4 is 9.80 Å². The lowest BCUT2D eigenvalue weighted by Crippen LogP contribution is -2.38. The Kier molecular flexibility index (Phi) is 2.62. The van der Waals surface area contributed by atoms with E-state index in [1.165, 1.54) is 15.9 Å². The molecule has 0 N–H and O–H groups in total. The highest BCUT2D eigenvalue weighted by Crippen LogP contribution is 2.39. The molecule has 0 radical (unpaired) electrons. The Morgan fingerprint density at radius 1 is 0.941 bits per heavy atom. The van der Waals surface area contributed by atoms with E-state index >= 15 is 0 Å². The summed E-state index contributed by atoms with van der Waals surface area (Å²) in [5, 5.41) is 8.65. The van der Waals surface area contributed by atoms with E-state index < -0.39 is 23.0 Å². The molecule has 0 spiro atoms. The van der Waals surface area contributed by atoms with E-state index in [0.29, 0.717) is 13.1 Å². The predicted molar refractivity (Wildman–Crippen MR) is 57.6 cm³/mol. The van der Waals surface area contributed by atoms with Crippen molar-refractivity contribution in [3.05, 3.63) is 23.0 Å². The summed E-state index contributed by atoms with van der Waals surface area (Å²) >= 11 is 0. The minimum absolute atomic E-state index is 0.0609. The van der Waals surface area contributed by atoms with Gasteiger partial charge in [0.05, 0.1) is 0 Å². The summed E-state index contributed by atoms with van der Waals surface area (Å²) in [4.78, 5) is 2.92. The molecule has 90 valence electrons. The molecule has 2 rings (SSSR count). The molecule has 1 aromatic carbocycles. The van der Waals surface area contributed by atoms with Crippen molar-refractivity contribution >= 4 is 11.4 Å². The first kappa shape index (κ1) is 11.6. The molecule has 0 amide bonds. The van der Waals surface area contributed by atoms with Crippen molar-refractivity contribution in [3.8, 4) is 6.07 Å². The third-order valence-corrected chi connectivity index (χ3v) is 2.92. The summed E-state index contributed by atoms with van der Waals surface area (Å²) in [7, 11) is 3.13. The van der Waals surface area contributed by atoms with Gasteiger partial charge in [-0.25, -0.2) is 13.2 Å². The zero-order valence-corrected chi connectivity index (χ0v) is 9.39. The van der Waals surface area contributed by atoms with E-state index in [4.69, 9.17) is 5.26 Å². The van der Waals surface area contributed by atoms with Crippen LogP contribution in [-0.4, -0.2) is 27.2 Å². The predicted octanol–water partition coefficient (Wildman–Crippen LogP) is 1.86. The van der Waals surface area contributed by atoms with E-state index in [2.05, 4.69) is 0 Å². The van der Waals surface area contributed by atoms with Gasteiger partial charge in [-0.3, -0.25) is 0 Å². The van der Waals surface area contributed by atoms with Crippen LogP contribution in [0.1, 0.15) is 5.56 Å². The highest BCUT2D eigenvalue weighted by atomic mass is 19.2. The van der Waals surface area contributed by atoms with Crippen molar-refractivity contribution in [2.45, 2.75) is 0 Å². The van der Waals surface area contributed by atoms with E-state index in [-0.39, 0.29) is 11.4 Å². The average molecular weight is 241 g/mol. The number of likely N-dealkylation sites (N-methyl/N-ethyl adjacent to an activating group) is 2. The number of rotatable bonds is 0. The fourth-order valence-corrected chi connectivity index (χ4v) is 1.95. The van der Waals surface area contributed by atoms with Crippen LogP contribution in [0, 0.1) is 28.8 Å². The molecule has 0 aliphatic carbocycles. The summed E-state index contributed by atoms with van der Waals surface area (Å²) in [5.41, 5.74) is -1.06. The molecule has 0 atom stereocenters. The first-order valence-corrected chi connectivity index (χ1v) is 5.01. The largest absolute Gasteiger partial charge is 0.369 e. The van der Waals surface area contributed by atoms with E-state index in [1.54, 1.807) is 14.1 Å². The second-order valence-electron chi connectivity index (χ2n) is 3.97. The fourth-order valence-electron chi connectivity index (χ4n) is 1.95. The number of hydrogen-bond acceptors (Lipinski definition) is 3. The molecular formula is C11H10F3N3. The molecule has 1 aliphatic heterocycles. The van der Waals surface area contributed by atoms with Crippen molar-refractivity contribution in [3.63, 3.8) is 0 Å². The molecule has 1 heterocycles. The van der Waals surface area contributed by atoms with Gasteiger partial charge in [-0.05, 0) is 0 Å². The molecule has 0 fully saturated rings. The van der Waals surface area contributed by atoms with Gasteiger partial charge in [0.25, 0.3) is 0 Å². The van der Waals surface area contributed by atoms with Gasteiger partial charge < -0.3 is 9.80 Å². The molecule has 0 saturated heterocycles. The monoisotopic (exact) mass is 241 g/mol. The third-order valence-electron chi connectivity index (χ3n) is 2.92. The summed E-state index contributed by atoms with van der Waals surface area (Å²) in [6, 6.07) is 1.35. The molecule has 0 saturated carbocycles. The third kappa shape index (κ3) is 1.50. The summed E-state index contributed by atoms with van der Waals surface area (Å²) < 4.78 is 41.2.